The number of para-hydroxylation sites is 2. The highest BCUT2D eigenvalue weighted by Gasteiger charge is 2.22. The van der Waals surface area contributed by atoms with Gasteiger partial charge in [0.2, 0.25) is 5.75 Å². The molecule has 0 N–H and O–H groups in total. The fraction of sp³-hybridized carbons (Fsp3) is 0.273. The van der Waals surface area contributed by atoms with Crippen LogP contribution in [0.1, 0.15) is 31.2 Å². The molecule has 30 heavy (non-hydrogen) atoms. The summed E-state index contributed by atoms with van der Waals surface area (Å²) < 4.78 is 12.8. The molecule has 8 heteroatoms. The Morgan fingerprint density at radius 1 is 1.37 bits per heavy atom. The number of methoxy groups -OCH3 is 1. The van der Waals surface area contributed by atoms with Crippen LogP contribution in [0.3, 0.4) is 0 Å². The zero-order valence-electron chi connectivity index (χ0n) is 17.1. The zero-order chi connectivity index (χ0) is 21.7. The Hall–Kier alpha value is -3.86. The molecule has 1 aromatic heterocycles. The van der Waals surface area contributed by atoms with Crippen molar-refractivity contribution in [2.24, 2.45) is 7.05 Å². The predicted molar refractivity (Wildman–Crippen MR) is 114 cm³/mol. The number of nitro groups is 1. The second-order valence-electron chi connectivity index (χ2n) is 6.68. The number of ether oxygens (including phenoxy) is 2. The quantitative estimate of drug-likeness (QED) is 0.232. The molecule has 0 aliphatic rings. The van der Waals surface area contributed by atoms with Crippen molar-refractivity contribution in [3.05, 3.63) is 57.9 Å². The third kappa shape index (κ3) is 4.10. The minimum atomic E-state index is -0.512. The number of allylic oxidation sites excluding steroid dienone is 1. The topological polar surface area (TPSA) is 103 Å². The van der Waals surface area contributed by atoms with Crippen molar-refractivity contribution < 1.29 is 14.4 Å². The highest BCUT2D eigenvalue weighted by atomic mass is 16.6. The second kappa shape index (κ2) is 9.09. The number of hydrogen-bond donors (Lipinski definition) is 0. The van der Waals surface area contributed by atoms with Crippen molar-refractivity contribution in [2.45, 2.75) is 19.8 Å². The number of rotatable bonds is 8. The lowest BCUT2D eigenvalue weighted by Gasteiger charge is -2.12. The first-order chi connectivity index (χ1) is 14.5. The standard InChI is InChI=1S/C22H22N4O4/c1-4-5-10-30-21-19(26(27)28)12-15(13-20(21)29-3)11-16(14-23)22-24-17-8-6-7-9-18(17)25(22)2/h6-9,11-13H,4-5,10H2,1-3H3/b16-11-. The van der Waals surface area contributed by atoms with E-state index in [-0.39, 0.29) is 22.8 Å². The van der Waals surface area contributed by atoms with Crippen molar-refractivity contribution >= 4 is 28.4 Å². The van der Waals surface area contributed by atoms with Gasteiger partial charge >= 0.3 is 5.69 Å². The Kier molecular flexibility index (Phi) is 6.32. The lowest BCUT2D eigenvalue weighted by Crippen LogP contribution is -2.03. The SMILES string of the molecule is CCCCOc1c(OC)cc(/C=C(/C#N)c2nc3ccccc3n2C)cc1[N+](=O)[O-]. The number of imidazole rings is 1. The molecule has 3 rings (SSSR count). The van der Waals surface area contributed by atoms with Gasteiger partial charge in [-0.15, -0.1) is 0 Å². The van der Waals surface area contributed by atoms with Crippen LogP contribution in [0.25, 0.3) is 22.7 Å². The number of fused-ring (bicyclic) bond motifs is 1. The van der Waals surface area contributed by atoms with E-state index < -0.39 is 4.92 Å². The van der Waals surface area contributed by atoms with Gasteiger partial charge in [0.1, 0.15) is 6.07 Å². The second-order valence-corrected chi connectivity index (χ2v) is 6.68. The Labute approximate surface area is 174 Å². The van der Waals surface area contributed by atoms with Crippen LogP contribution in [0.2, 0.25) is 0 Å². The Balaban J connectivity index is 2.10. The van der Waals surface area contributed by atoms with E-state index in [0.29, 0.717) is 18.0 Å². The first-order valence-corrected chi connectivity index (χ1v) is 9.53. The van der Waals surface area contributed by atoms with Crippen molar-refractivity contribution in [1.82, 2.24) is 9.55 Å². The van der Waals surface area contributed by atoms with Gasteiger partial charge in [-0.05, 0) is 36.3 Å². The van der Waals surface area contributed by atoms with Gasteiger partial charge in [-0.25, -0.2) is 4.98 Å². The molecule has 0 saturated carbocycles. The average Bonchev–Trinajstić information content (AvgIpc) is 3.09. The smallest absolute Gasteiger partial charge is 0.315 e. The molecule has 0 saturated heterocycles. The van der Waals surface area contributed by atoms with Crippen LogP contribution in [-0.2, 0) is 7.05 Å². The molecule has 0 radical (unpaired) electrons. The fourth-order valence-electron chi connectivity index (χ4n) is 3.14. The molecule has 0 unspecified atom stereocenters. The molecule has 0 aliphatic carbocycles. The summed E-state index contributed by atoms with van der Waals surface area (Å²) in [6.45, 7) is 2.36. The lowest BCUT2D eigenvalue weighted by atomic mass is 10.1. The maximum atomic E-state index is 11.6. The maximum Gasteiger partial charge on any atom is 0.315 e. The summed E-state index contributed by atoms with van der Waals surface area (Å²) in [4.78, 5) is 15.7. The van der Waals surface area contributed by atoms with Gasteiger partial charge in [0.15, 0.2) is 11.6 Å². The van der Waals surface area contributed by atoms with E-state index in [1.54, 1.807) is 12.1 Å². The molecule has 1 heterocycles. The molecule has 8 nitrogen and oxygen atoms in total. The molecule has 2 aromatic carbocycles. The van der Waals surface area contributed by atoms with E-state index in [9.17, 15) is 15.4 Å². The number of nitro benzene ring substituents is 1. The van der Waals surface area contributed by atoms with Gasteiger partial charge in [0, 0.05) is 13.1 Å². The molecule has 154 valence electrons. The van der Waals surface area contributed by atoms with E-state index in [0.717, 1.165) is 23.9 Å². The number of aryl methyl sites for hydroxylation is 1. The largest absolute Gasteiger partial charge is 0.493 e. The monoisotopic (exact) mass is 406 g/mol. The summed E-state index contributed by atoms with van der Waals surface area (Å²) in [5, 5.41) is 21.4. The van der Waals surface area contributed by atoms with Gasteiger partial charge < -0.3 is 14.0 Å². The van der Waals surface area contributed by atoms with E-state index in [4.69, 9.17) is 9.47 Å². The summed E-state index contributed by atoms with van der Waals surface area (Å²) in [7, 11) is 3.25. The minimum absolute atomic E-state index is 0.0920. The lowest BCUT2D eigenvalue weighted by molar-refractivity contribution is -0.386. The predicted octanol–water partition coefficient (Wildman–Crippen LogP) is 4.73. The van der Waals surface area contributed by atoms with E-state index in [1.165, 1.54) is 13.2 Å². The van der Waals surface area contributed by atoms with E-state index in [2.05, 4.69) is 11.1 Å². The van der Waals surface area contributed by atoms with Crippen LogP contribution in [0.5, 0.6) is 11.5 Å². The van der Waals surface area contributed by atoms with E-state index in [1.807, 2.05) is 42.8 Å². The molecule has 0 aliphatic heterocycles. The average molecular weight is 406 g/mol. The van der Waals surface area contributed by atoms with Crippen LogP contribution in [0.15, 0.2) is 36.4 Å². The van der Waals surface area contributed by atoms with Gasteiger partial charge in [-0.1, -0.05) is 25.5 Å². The van der Waals surface area contributed by atoms with Crippen molar-refractivity contribution in [3.8, 4) is 17.6 Å². The number of nitriles is 1. The van der Waals surface area contributed by atoms with Crippen LogP contribution in [0.4, 0.5) is 5.69 Å². The highest BCUT2D eigenvalue weighted by molar-refractivity contribution is 5.91. The first kappa shape index (κ1) is 20.9. The molecule has 0 spiro atoms. The third-order valence-corrected chi connectivity index (χ3v) is 4.68. The fourth-order valence-corrected chi connectivity index (χ4v) is 3.14. The summed E-state index contributed by atoms with van der Waals surface area (Å²) in [5.74, 6) is 0.812. The number of benzene rings is 2. The van der Waals surface area contributed by atoms with Gasteiger partial charge in [0.05, 0.1) is 35.2 Å². The molecule has 0 atom stereocenters. The summed E-state index contributed by atoms with van der Waals surface area (Å²) in [6.07, 6.45) is 3.24. The molecular formula is C22H22N4O4. The van der Waals surface area contributed by atoms with Crippen molar-refractivity contribution in [3.63, 3.8) is 0 Å². The normalized spacial score (nSPS) is 11.3. The third-order valence-electron chi connectivity index (χ3n) is 4.68. The van der Waals surface area contributed by atoms with Crippen LogP contribution >= 0.6 is 0 Å². The van der Waals surface area contributed by atoms with Crippen molar-refractivity contribution in [1.29, 1.82) is 5.26 Å². The highest BCUT2D eigenvalue weighted by Crippen LogP contribution is 2.39. The van der Waals surface area contributed by atoms with Gasteiger partial charge in [0.25, 0.3) is 0 Å². The Bertz CT molecular complexity index is 1160. The molecule has 3 aromatic rings. The van der Waals surface area contributed by atoms with E-state index >= 15 is 0 Å². The first-order valence-electron chi connectivity index (χ1n) is 9.53. The zero-order valence-corrected chi connectivity index (χ0v) is 17.1. The minimum Gasteiger partial charge on any atom is -0.493 e. The number of hydrogen-bond acceptors (Lipinski definition) is 6. The van der Waals surface area contributed by atoms with Crippen LogP contribution in [0, 0.1) is 21.4 Å². The maximum absolute atomic E-state index is 11.6. The van der Waals surface area contributed by atoms with Gasteiger partial charge in [-0.2, -0.15) is 5.26 Å². The summed E-state index contributed by atoms with van der Waals surface area (Å²) in [5.41, 5.74) is 2.17. The van der Waals surface area contributed by atoms with Crippen LogP contribution in [-0.4, -0.2) is 28.2 Å². The molecule has 0 bridgehead atoms. The Morgan fingerprint density at radius 2 is 2.13 bits per heavy atom. The number of aromatic nitrogens is 2. The summed E-state index contributed by atoms with van der Waals surface area (Å²) in [6, 6.07) is 12.7. The molecule has 0 fully saturated rings. The number of nitrogens with zero attached hydrogens (tertiary/aromatic N) is 4. The number of unbranched alkanes of at least 4 members (excludes halogenated alkanes) is 1. The van der Waals surface area contributed by atoms with Crippen LogP contribution < -0.4 is 9.47 Å². The van der Waals surface area contributed by atoms with Crippen molar-refractivity contribution in [2.75, 3.05) is 13.7 Å². The molecule has 0 amide bonds. The van der Waals surface area contributed by atoms with Gasteiger partial charge in [-0.3, -0.25) is 10.1 Å². The molecular weight excluding hydrogens is 384 g/mol. The Morgan fingerprint density at radius 3 is 2.77 bits per heavy atom. The summed E-state index contributed by atoms with van der Waals surface area (Å²) >= 11 is 0.